The number of carbonyl (C=O) groups is 2. The van der Waals surface area contributed by atoms with Gasteiger partial charge in [-0.1, -0.05) is 38.3 Å². The summed E-state index contributed by atoms with van der Waals surface area (Å²) in [6.45, 7) is 3.73. The molecule has 0 saturated carbocycles. The lowest BCUT2D eigenvalue weighted by Crippen LogP contribution is -2.80. The van der Waals surface area contributed by atoms with Crippen LogP contribution in [0.5, 0.6) is 0 Å². The number of allylic oxidation sites excluding steroid dienone is 1. The second kappa shape index (κ2) is 6.72. The van der Waals surface area contributed by atoms with Crippen LogP contribution in [-0.4, -0.2) is 45.4 Å². The third-order valence-electron chi connectivity index (χ3n) is 6.23. The Morgan fingerprint density at radius 2 is 2.12 bits per heavy atom. The lowest BCUT2D eigenvalue weighted by atomic mass is 9.64. The summed E-state index contributed by atoms with van der Waals surface area (Å²) in [6.07, 6.45) is 7.95. The van der Waals surface area contributed by atoms with E-state index in [9.17, 15) is 19.8 Å². The molecule has 1 amide bonds. The number of aliphatic hydroxyl groups excluding tert-OH is 2. The zero-order chi connectivity index (χ0) is 18.2. The molecule has 3 rings (SSSR count). The molecule has 0 aromatic rings. The van der Waals surface area contributed by atoms with Crippen molar-refractivity contribution in [3.05, 3.63) is 12.2 Å². The maximum atomic E-state index is 12.6. The Kier molecular flexibility index (Phi) is 4.95. The Balaban J connectivity index is 1.84. The summed E-state index contributed by atoms with van der Waals surface area (Å²) in [5.41, 5.74) is -2.66. The normalized spacial score (nSPS) is 39.2. The SMILES string of the molecule is CCCCC[C@@H](O)[C@H]1C(=O)N[C@@]2([C@@H](O)[C@@H]3C=CCCC3)C(=O)O[C@@]12C. The highest BCUT2D eigenvalue weighted by Crippen LogP contribution is 2.53. The van der Waals surface area contributed by atoms with Gasteiger partial charge in [0.2, 0.25) is 11.4 Å². The highest BCUT2D eigenvalue weighted by Gasteiger charge is 2.80. The molecular weight excluding hydrogens is 322 g/mol. The summed E-state index contributed by atoms with van der Waals surface area (Å²) >= 11 is 0. The maximum absolute atomic E-state index is 12.6. The van der Waals surface area contributed by atoms with Crippen LogP contribution in [0.3, 0.4) is 0 Å². The first kappa shape index (κ1) is 18.4. The van der Waals surface area contributed by atoms with Gasteiger partial charge in [-0.2, -0.15) is 0 Å². The molecule has 2 saturated heterocycles. The Labute approximate surface area is 148 Å². The van der Waals surface area contributed by atoms with Crippen LogP contribution >= 0.6 is 0 Å². The molecular formula is C19H29NO5. The number of nitrogens with one attached hydrogen (secondary N) is 1. The first-order chi connectivity index (χ1) is 11.9. The minimum absolute atomic E-state index is 0.197. The van der Waals surface area contributed by atoms with Gasteiger partial charge in [-0.05, 0) is 32.6 Å². The molecule has 1 aliphatic carbocycles. The van der Waals surface area contributed by atoms with E-state index in [0.29, 0.717) is 6.42 Å². The Hall–Kier alpha value is -1.40. The van der Waals surface area contributed by atoms with Crippen molar-refractivity contribution < 1.29 is 24.5 Å². The Morgan fingerprint density at radius 3 is 2.72 bits per heavy atom. The fourth-order valence-corrected chi connectivity index (χ4v) is 4.74. The number of hydrogen-bond donors (Lipinski definition) is 3. The highest BCUT2D eigenvalue weighted by atomic mass is 16.6. The van der Waals surface area contributed by atoms with Crippen LogP contribution in [0.2, 0.25) is 0 Å². The number of ether oxygens (including phenoxy) is 1. The smallest absolute Gasteiger partial charge is 0.339 e. The molecule has 0 aromatic carbocycles. The first-order valence-corrected chi connectivity index (χ1v) is 9.46. The minimum atomic E-state index is -1.45. The predicted molar refractivity (Wildman–Crippen MR) is 91.5 cm³/mol. The zero-order valence-corrected chi connectivity index (χ0v) is 15.0. The van der Waals surface area contributed by atoms with Crippen molar-refractivity contribution >= 4 is 11.9 Å². The van der Waals surface area contributed by atoms with Gasteiger partial charge >= 0.3 is 5.97 Å². The van der Waals surface area contributed by atoms with Crippen molar-refractivity contribution in [1.82, 2.24) is 5.32 Å². The lowest BCUT2D eigenvalue weighted by Gasteiger charge is -2.55. The van der Waals surface area contributed by atoms with Gasteiger partial charge in [0.25, 0.3) is 0 Å². The molecule has 140 valence electrons. The molecule has 6 heteroatoms. The summed E-state index contributed by atoms with van der Waals surface area (Å²) < 4.78 is 5.41. The van der Waals surface area contributed by atoms with Gasteiger partial charge in [-0.15, -0.1) is 0 Å². The molecule has 2 heterocycles. The highest BCUT2D eigenvalue weighted by molar-refractivity contribution is 6.02. The average Bonchev–Trinajstić information content (AvgIpc) is 2.78. The number of amides is 1. The summed E-state index contributed by atoms with van der Waals surface area (Å²) in [7, 11) is 0. The van der Waals surface area contributed by atoms with Gasteiger partial charge in [-0.25, -0.2) is 4.79 Å². The van der Waals surface area contributed by atoms with Crippen LogP contribution in [0.15, 0.2) is 12.2 Å². The van der Waals surface area contributed by atoms with Crippen LogP contribution in [0, 0.1) is 11.8 Å². The van der Waals surface area contributed by atoms with E-state index in [1.165, 1.54) is 0 Å². The monoisotopic (exact) mass is 351 g/mol. The van der Waals surface area contributed by atoms with Gasteiger partial charge in [0.1, 0.15) is 5.92 Å². The average molecular weight is 351 g/mol. The number of carbonyl (C=O) groups excluding carboxylic acids is 2. The molecule has 0 aromatic heterocycles. The van der Waals surface area contributed by atoms with Crippen molar-refractivity contribution in [1.29, 1.82) is 0 Å². The van der Waals surface area contributed by atoms with Gasteiger partial charge in [0.15, 0.2) is 5.60 Å². The zero-order valence-electron chi connectivity index (χ0n) is 15.0. The first-order valence-electron chi connectivity index (χ1n) is 9.46. The quantitative estimate of drug-likeness (QED) is 0.366. The molecule has 6 atom stereocenters. The summed E-state index contributed by atoms with van der Waals surface area (Å²) in [4.78, 5) is 25.0. The third-order valence-corrected chi connectivity index (χ3v) is 6.23. The van der Waals surface area contributed by atoms with E-state index in [1.54, 1.807) is 6.92 Å². The Bertz CT molecular complexity index is 576. The molecule has 2 fully saturated rings. The number of aliphatic hydroxyl groups is 2. The number of unbranched alkanes of at least 4 members (excludes halogenated alkanes) is 2. The molecule has 6 nitrogen and oxygen atoms in total. The van der Waals surface area contributed by atoms with E-state index in [-0.39, 0.29) is 5.92 Å². The van der Waals surface area contributed by atoms with E-state index < -0.39 is 41.1 Å². The largest absolute Gasteiger partial charge is 0.453 e. The fraction of sp³-hybridized carbons (Fsp3) is 0.789. The second-order valence-electron chi connectivity index (χ2n) is 7.80. The van der Waals surface area contributed by atoms with Crippen LogP contribution in [0.25, 0.3) is 0 Å². The number of esters is 1. The maximum Gasteiger partial charge on any atom is 0.339 e. The predicted octanol–water partition coefficient (Wildman–Crippen LogP) is 1.45. The molecule has 2 aliphatic heterocycles. The molecule has 3 N–H and O–H groups in total. The van der Waals surface area contributed by atoms with Gasteiger partial charge < -0.3 is 20.3 Å². The van der Waals surface area contributed by atoms with Crippen molar-refractivity contribution in [2.24, 2.45) is 11.8 Å². The topological polar surface area (TPSA) is 95.9 Å². The number of hydrogen-bond acceptors (Lipinski definition) is 5. The van der Waals surface area contributed by atoms with Crippen LogP contribution < -0.4 is 5.32 Å². The van der Waals surface area contributed by atoms with Gasteiger partial charge in [0, 0.05) is 5.92 Å². The second-order valence-corrected chi connectivity index (χ2v) is 7.80. The van der Waals surface area contributed by atoms with E-state index >= 15 is 0 Å². The van der Waals surface area contributed by atoms with E-state index in [1.807, 2.05) is 12.2 Å². The lowest BCUT2D eigenvalue weighted by molar-refractivity contribution is -0.243. The number of rotatable bonds is 7. The molecule has 25 heavy (non-hydrogen) atoms. The fourth-order valence-electron chi connectivity index (χ4n) is 4.74. The van der Waals surface area contributed by atoms with Crippen molar-refractivity contribution in [3.63, 3.8) is 0 Å². The standard InChI is InChI=1S/C19H29NO5/c1-3-4-6-11-13(21)14-16(23)20-19(17(24)25-18(14,19)2)15(22)12-9-7-5-8-10-12/h7,9,12-15,21-22H,3-6,8,10-11H2,1-2H3,(H,20,23)/t12-,13-,14+,15+,18+,19+/m1/s1. The molecule has 0 radical (unpaired) electrons. The summed E-state index contributed by atoms with van der Waals surface area (Å²) in [5, 5.41) is 24.3. The van der Waals surface area contributed by atoms with Crippen LogP contribution in [0.4, 0.5) is 0 Å². The Morgan fingerprint density at radius 1 is 1.36 bits per heavy atom. The molecule has 3 aliphatic rings. The van der Waals surface area contributed by atoms with E-state index in [4.69, 9.17) is 4.74 Å². The molecule has 0 spiro atoms. The minimum Gasteiger partial charge on any atom is -0.453 e. The molecule has 0 unspecified atom stereocenters. The molecule has 0 bridgehead atoms. The summed E-state index contributed by atoms with van der Waals surface area (Å²) in [5.74, 6) is -2.05. The van der Waals surface area contributed by atoms with E-state index in [2.05, 4.69) is 12.2 Å². The van der Waals surface area contributed by atoms with Crippen LogP contribution in [-0.2, 0) is 14.3 Å². The van der Waals surface area contributed by atoms with Crippen molar-refractivity contribution in [2.45, 2.75) is 82.1 Å². The van der Waals surface area contributed by atoms with Crippen molar-refractivity contribution in [2.75, 3.05) is 0 Å². The number of fused-ring (bicyclic) bond motifs is 1. The third kappa shape index (κ3) is 2.61. The van der Waals surface area contributed by atoms with Crippen LogP contribution in [0.1, 0.15) is 58.8 Å². The van der Waals surface area contributed by atoms with Gasteiger partial charge in [0.05, 0.1) is 12.2 Å². The summed E-state index contributed by atoms with van der Waals surface area (Å²) in [6, 6.07) is 0. The van der Waals surface area contributed by atoms with E-state index in [0.717, 1.165) is 38.5 Å². The van der Waals surface area contributed by atoms with Gasteiger partial charge in [-0.3, -0.25) is 4.79 Å². The van der Waals surface area contributed by atoms with Crippen molar-refractivity contribution in [3.8, 4) is 0 Å².